The molecule has 3 rings (SSSR count). The van der Waals surface area contributed by atoms with Crippen LogP contribution in [0.4, 0.5) is 18.9 Å². The van der Waals surface area contributed by atoms with Gasteiger partial charge in [0, 0.05) is 16.3 Å². The molecule has 9 heteroatoms. The Morgan fingerprint density at radius 1 is 0.971 bits per heavy atom. The van der Waals surface area contributed by atoms with Crippen molar-refractivity contribution in [2.75, 3.05) is 18.4 Å². The number of hydrogen-bond donors (Lipinski definition) is 1. The summed E-state index contributed by atoms with van der Waals surface area (Å²) in [7, 11) is 0. The molecule has 0 radical (unpaired) electrons. The molecule has 3 aromatic rings. The number of halogens is 3. The van der Waals surface area contributed by atoms with Crippen LogP contribution in [0.25, 0.3) is 0 Å². The summed E-state index contributed by atoms with van der Waals surface area (Å²) in [4.78, 5) is 28.3. The number of carbonyl (C=O) groups is 2. The van der Waals surface area contributed by atoms with Crippen molar-refractivity contribution in [2.45, 2.75) is 22.9 Å². The molecule has 0 unspecified atom stereocenters. The van der Waals surface area contributed by atoms with Crippen LogP contribution in [0.15, 0.2) is 82.6 Å². The van der Waals surface area contributed by atoms with E-state index in [0.29, 0.717) is 20.9 Å². The minimum absolute atomic E-state index is 0.168. The third-order valence-corrected chi connectivity index (χ3v) is 6.01. The number of para-hydroxylation sites is 1. The fraction of sp³-hybridized carbons (Fsp3) is 0.160. The largest absolute Gasteiger partial charge is 0.418 e. The van der Waals surface area contributed by atoms with Crippen LogP contribution in [0.3, 0.4) is 0 Å². The number of anilines is 1. The zero-order valence-electron chi connectivity index (χ0n) is 18.1. The lowest BCUT2D eigenvalue weighted by Crippen LogP contribution is -2.38. The van der Waals surface area contributed by atoms with Gasteiger partial charge in [0.1, 0.15) is 12.6 Å². The lowest BCUT2D eigenvalue weighted by molar-refractivity contribution is -0.137. The van der Waals surface area contributed by atoms with Crippen LogP contribution in [0.2, 0.25) is 0 Å². The molecule has 0 spiro atoms. The number of alkyl halides is 3. The molecule has 0 atom stereocenters. The molecule has 3 aromatic carbocycles. The van der Waals surface area contributed by atoms with Gasteiger partial charge in [-0.2, -0.15) is 18.4 Å². The maximum Gasteiger partial charge on any atom is 0.418 e. The Bertz CT molecular complexity index is 1240. The second kappa shape index (κ2) is 10.9. The fourth-order valence-corrected chi connectivity index (χ4v) is 4.22. The maximum absolute atomic E-state index is 13.2. The number of carbonyl (C=O) groups excluding carboxylic acids is 2. The molecule has 0 heterocycles. The van der Waals surface area contributed by atoms with Gasteiger partial charge in [0.2, 0.25) is 5.91 Å². The average molecular weight is 484 g/mol. The molecule has 0 aliphatic rings. The molecule has 174 valence electrons. The molecular formula is C25H20F3N3O2S. The first-order chi connectivity index (χ1) is 16.2. The van der Waals surface area contributed by atoms with Gasteiger partial charge in [-0.05, 0) is 43.3 Å². The molecule has 0 fully saturated rings. The molecule has 2 amide bonds. The summed E-state index contributed by atoms with van der Waals surface area (Å²) in [5, 5.41) is 11.6. The van der Waals surface area contributed by atoms with E-state index in [-0.39, 0.29) is 12.2 Å². The topological polar surface area (TPSA) is 73.2 Å². The Morgan fingerprint density at radius 3 is 2.26 bits per heavy atom. The highest BCUT2D eigenvalue weighted by Gasteiger charge is 2.33. The number of benzene rings is 3. The van der Waals surface area contributed by atoms with Crippen molar-refractivity contribution >= 4 is 29.3 Å². The van der Waals surface area contributed by atoms with Gasteiger partial charge in [-0.3, -0.25) is 9.59 Å². The Hall–Kier alpha value is -3.77. The number of nitrogens with one attached hydrogen (secondary N) is 1. The molecule has 0 saturated carbocycles. The smallest absolute Gasteiger partial charge is 0.330 e. The molecule has 34 heavy (non-hydrogen) atoms. The number of nitriles is 1. The SMILES string of the molecule is CCN(CC(=O)Nc1ccccc1C(F)(F)F)C(=O)c1ccccc1Sc1ccccc1C#N. The first-order valence-corrected chi connectivity index (χ1v) is 11.1. The van der Waals surface area contributed by atoms with Crippen LogP contribution in [0.5, 0.6) is 0 Å². The number of nitrogens with zero attached hydrogens (tertiary/aromatic N) is 2. The van der Waals surface area contributed by atoms with Crippen LogP contribution >= 0.6 is 11.8 Å². The Kier molecular flexibility index (Phi) is 7.97. The molecular weight excluding hydrogens is 463 g/mol. The van der Waals surface area contributed by atoms with Gasteiger partial charge in [-0.15, -0.1) is 0 Å². The minimum Gasteiger partial charge on any atom is -0.330 e. The Labute approximate surface area is 199 Å². The van der Waals surface area contributed by atoms with Gasteiger partial charge in [0.25, 0.3) is 5.91 Å². The molecule has 0 aliphatic heterocycles. The van der Waals surface area contributed by atoms with E-state index in [4.69, 9.17) is 0 Å². The zero-order chi connectivity index (χ0) is 24.7. The summed E-state index contributed by atoms with van der Waals surface area (Å²) >= 11 is 1.25. The van der Waals surface area contributed by atoms with Crippen molar-refractivity contribution in [3.63, 3.8) is 0 Å². The fourth-order valence-electron chi connectivity index (χ4n) is 3.20. The van der Waals surface area contributed by atoms with Gasteiger partial charge >= 0.3 is 6.18 Å². The number of rotatable bonds is 7. The van der Waals surface area contributed by atoms with E-state index in [9.17, 15) is 28.0 Å². The van der Waals surface area contributed by atoms with Gasteiger partial charge in [0.05, 0.1) is 22.4 Å². The first-order valence-electron chi connectivity index (χ1n) is 10.3. The van der Waals surface area contributed by atoms with Crippen molar-refractivity contribution in [3.8, 4) is 6.07 Å². The van der Waals surface area contributed by atoms with Crippen molar-refractivity contribution in [3.05, 3.63) is 89.5 Å². The first kappa shape index (κ1) is 24.9. The average Bonchev–Trinajstić information content (AvgIpc) is 2.82. The Morgan fingerprint density at radius 2 is 1.59 bits per heavy atom. The highest BCUT2D eigenvalue weighted by molar-refractivity contribution is 7.99. The van der Waals surface area contributed by atoms with E-state index in [0.717, 1.165) is 12.1 Å². The Balaban J connectivity index is 1.80. The number of hydrogen-bond acceptors (Lipinski definition) is 4. The quantitative estimate of drug-likeness (QED) is 0.459. The van der Waals surface area contributed by atoms with Crippen LogP contribution < -0.4 is 5.32 Å². The van der Waals surface area contributed by atoms with E-state index in [1.165, 1.54) is 28.8 Å². The monoisotopic (exact) mass is 483 g/mol. The van der Waals surface area contributed by atoms with Crippen molar-refractivity contribution < 1.29 is 22.8 Å². The number of amides is 2. The summed E-state index contributed by atoms with van der Waals surface area (Å²) < 4.78 is 39.6. The lowest BCUT2D eigenvalue weighted by atomic mass is 10.1. The molecule has 5 nitrogen and oxygen atoms in total. The van der Waals surface area contributed by atoms with Crippen molar-refractivity contribution in [1.29, 1.82) is 5.26 Å². The molecule has 1 N–H and O–H groups in total. The number of likely N-dealkylation sites (N-methyl/N-ethyl adjacent to an activating group) is 1. The lowest BCUT2D eigenvalue weighted by Gasteiger charge is -2.22. The van der Waals surface area contributed by atoms with E-state index < -0.39 is 30.1 Å². The molecule has 0 bridgehead atoms. The second-order valence-corrected chi connectivity index (χ2v) is 8.20. The van der Waals surface area contributed by atoms with Crippen LogP contribution in [0.1, 0.15) is 28.4 Å². The summed E-state index contributed by atoms with van der Waals surface area (Å²) in [5.41, 5.74) is -0.543. The highest BCUT2D eigenvalue weighted by Crippen LogP contribution is 2.35. The standard InChI is InChI=1S/C25H20F3N3O2S/c1-2-31(16-23(32)30-20-12-6-5-11-19(20)25(26,27)28)24(33)18-10-4-8-14-22(18)34-21-13-7-3-9-17(21)15-29/h3-14H,2,16H2,1H3,(H,30,32). The van der Waals surface area contributed by atoms with Gasteiger partial charge in [0.15, 0.2) is 0 Å². The third-order valence-electron chi connectivity index (χ3n) is 4.85. The minimum atomic E-state index is -4.62. The van der Waals surface area contributed by atoms with Gasteiger partial charge in [-0.25, -0.2) is 0 Å². The van der Waals surface area contributed by atoms with Crippen molar-refractivity contribution in [2.24, 2.45) is 0 Å². The van der Waals surface area contributed by atoms with Crippen molar-refractivity contribution in [1.82, 2.24) is 4.90 Å². The van der Waals surface area contributed by atoms with Crippen LogP contribution in [-0.4, -0.2) is 29.8 Å². The molecule has 0 saturated heterocycles. The summed E-state index contributed by atoms with van der Waals surface area (Å²) in [6, 6.07) is 20.5. The van der Waals surface area contributed by atoms with Gasteiger partial charge < -0.3 is 10.2 Å². The molecule has 0 aromatic heterocycles. The normalized spacial score (nSPS) is 10.9. The van der Waals surface area contributed by atoms with Gasteiger partial charge in [-0.1, -0.05) is 48.2 Å². The summed E-state index contributed by atoms with van der Waals surface area (Å²) in [6.45, 7) is 1.42. The predicted molar refractivity (Wildman–Crippen MR) is 123 cm³/mol. The van der Waals surface area contributed by atoms with E-state index >= 15 is 0 Å². The van der Waals surface area contributed by atoms with Crippen LogP contribution in [0, 0.1) is 11.3 Å². The highest BCUT2D eigenvalue weighted by atomic mass is 32.2. The van der Waals surface area contributed by atoms with E-state index in [1.54, 1.807) is 55.5 Å². The zero-order valence-corrected chi connectivity index (χ0v) is 18.9. The third kappa shape index (κ3) is 5.97. The maximum atomic E-state index is 13.2. The second-order valence-electron chi connectivity index (χ2n) is 7.12. The summed E-state index contributed by atoms with van der Waals surface area (Å²) in [6.07, 6.45) is -4.62. The predicted octanol–water partition coefficient (Wildman–Crippen LogP) is 5.83. The van der Waals surface area contributed by atoms with E-state index in [1.807, 2.05) is 0 Å². The van der Waals surface area contributed by atoms with E-state index in [2.05, 4.69) is 11.4 Å². The van der Waals surface area contributed by atoms with Crippen LogP contribution in [-0.2, 0) is 11.0 Å². The molecule has 0 aliphatic carbocycles. The summed E-state index contributed by atoms with van der Waals surface area (Å²) in [5.74, 6) is -1.19.